The average molecular weight is 214 g/mol. The molecule has 5 nitrogen and oxygen atoms in total. The Morgan fingerprint density at radius 3 is 2.93 bits per heavy atom. The maximum atomic E-state index is 11.3. The molecule has 1 aromatic heterocycles. The number of aromatic nitrogens is 1. The van der Waals surface area contributed by atoms with Crippen molar-refractivity contribution in [1.29, 1.82) is 0 Å². The van der Waals surface area contributed by atoms with Crippen LogP contribution in [0.3, 0.4) is 0 Å². The van der Waals surface area contributed by atoms with E-state index in [1.165, 1.54) is 24.5 Å². The Morgan fingerprint density at radius 2 is 2.43 bits per heavy atom. The summed E-state index contributed by atoms with van der Waals surface area (Å²) >= 11 is 1.22. The third-order valence-corrected chi connectivity index (χ3v) is 2.42. The zero-order valence-electron chi connectivity index (χ0n) is 7.56. The lowest BCUT2D eigenvalue weighted by molar-refractivity contribution is -0.140. The number of hydrogen-bond donors (Lipinski definition) is 2. The van der Waals surface area contributed by atoms with Crippen molar-refractivity contribution < 1.29 is 14.7 Å². The van der Waals surface area contributed by atoms with E-state index in [-0.39, 0.29) is 12.5 Å². The molecule has 0 spiro atoms. The fourth-order valence-corrected chi connectivity index (χ4v) is 1.28. The van der Waals surface area contributed by atoms with Crippen molar-refractivity contribution in [3.63, 3.8) is 0 Å². The van der Waals surface area contributed by atoms with Crippen molar-refractivity contribution in [1.82, 2.24) is 10.3 Å². The van der Waals surface area contributed by atoms with Crippen LogP contribution in [-0.2, 0) is 4.79 Å². The van der Waals surface area contributed by atoms with E-state index in [9.17, 15) is 9.59 Å². The van der Waals surface area contributed by atoms with Gasteiger partial charge in [-0.05, 0) is 0 Å². The average Bonchev–Trinajstić information content (AvgIpc) is 2.66. The summed E-state index contributed by atoms with van der Waals surface area (Å²) in [5.41, 5.74) is 1.55. The first-order chi connectivity index (χ1) is 6.61. The summed E-state index contributed by atoms with van der Waals surface area (Å²) in [4.78, 5) is 26.0. The van der Waals surface area contributed by atoms with Crippen LogP contribution < -0.4 is 5.32 Å². The van der Waals surface area contributed by atoms with Gasteiger partial charge in [-0.25, -0.2) is 0 Å². The van der Waals surface area contributed by atoms with Gasteiger partial charge in [-0.1, -0.05) is 6.92 Å². The zero-order valence-corrected chi connectivity index (χ0v) is 8.37. The first kappa shape index (κ1) is 10.6. The number of aliphatic carboxylic acids is 1. The van der Waals surface area contributed by atoms with Crippen molar-refractivity contribution in [2.75, 3.05) is 6.54 Å². The number of carbonyl (C=O) groups is 2. The molecule has 0 fully saturated rings. The van der Waals surface area contributed by atoms with E-state index in [2.05, 4.69) is 10.3 Å². The minimum Gasteiger partial charge on any atom is -0.481 e. The fraction of sp³-hybridized carbons (Fsp3) is 0.375. The highest BCUT2D eigenvalue weighted by Crippen LogP contribution is 2.04. The minimum atomic E-state index is -0.922. The molecule has 0 aliphatic carbocycles. The summed E-state index contributed by atoms with van der Waals surface area (Å²) in [7, 11) is 0. The highest BCUT2D eigenvalue weighted by Gasteiger charge is 2.13. The second kappa shape index (κ2) is 4.71. The molecule has 0 saturated carbocycles. The van der Waals surface area contributed by atoms with Crippen LogP contribution in [0.2, 0.25) is 0 Å². The molecule has 6 heteroatoms. The summed E-state index contributed by atoms with van der Waals surface area (Å²) in [5, 5.41) is 11.1. The lowest BCUT2D eigenvalue weighted by Gasteiger charge is -2.06. The van der Waals surface area contributed by atoms with Gasteiger partial charge in [-0.2, -0.15) is 0 Å². The molecular formula is C8H10N2O3S. The van der Waals surface area contributed by atoms with Crippen molar-refractivity contribution >= 4 is 23.2 Å². The minimum absolute atomic E-state index is 0.131. The van der Waals surface area contributed by atoms with Gasteiger partial charge in [-0.3, -0.25) is 14.6 Å². The molecule has 0 aliphatic rings. The van der Waals surface area contributed by atoms with Crippen LogP contribution in [0, 0.1) is 5.92 Å². The molecule has 1 unspecified atom stereocenters. The Hall–Kier alpha value is -1.43. The fourth-order valence-electron chi connectivity index (χ4n) is 0.748. The first-order valence-electron chi connectivity index (χ1n) is 4.00. The van der Waals surface area contributed by atoms with E-state index in [4.69, 9.17) is 5.11 Å². The number of rotatable bonds is 4. The Labute approximate surface area is 84.8 Å². The molecule has 1 amide bonds. The van der Waals surface area contributed by atoms with E-state index in [0.717, 1.165) is 0 Å². The third kappa shape index (κ3) is 2.81. The number of nitrogens with zero attached hydrogens (tertiary/aromatic N) is 1. The van der Waals surface area contributed by atoms with E-state index >= 15 is 0 Å². The number of thiazole rings is 1. The monoisotopic (exact) mass is 214 g/mol. The molecular weight excluding hydrogens is 204 g/mol. The van der Waals surface area contributed by atoms with Crippen LogP contribution in [0.25, 0.3) is 0 Å². The van der Waals surface area contributed by atoms with Crippen molar-refractivity contribution in [2.24, 2.45) is 5.92 Å². The lowest BCUT2D eigenvalue weighted by Crippen LogP contribution is -2.30. The van der Waals surface area contributed by atoms with Crippen molar-refractivity contribution in [3.05, 3.63) is 16.6 Å². The Morgan fingerprint density at radius 1 is 1.71 bits per heavy atom. The number of amides is 1. The summed E-state index contributed by atoms with van der Waals surface area (Å²) in [6.07, 6.45) is 1.45. The van der Waals surface area contributed by atoms with Gasteiger partial charge in [0.1, 0.15) is 4.88 Å². The topological polar surface area (TPSA) is 79.3 Å². The number of carboxylic acid groups (broad SMARTS) is 1. The Kier molecular flexibility index (Phi) is 3.58. The summed E-state index contributed by atoms with van der Waals surface area (Å²) < 4.78 is 0. The summed E-state index contributed by atoms with van der Waals surface area (Å²) in [6, 6.07) is 0. The number of carboxylic acids is 1. The Bertz CT molecular complexity index is 323. The highest BCUT2D eigenvalue weighted by atomic mass is 32.1. The molecule has 0 radical (unpaired) electrons. The zero-order chi connectivity index (χ0) is 10.6. The normalized spacial score (nSPS) is 12.1. The summed E-state index contributed by atoms with van der Waals surface area (Å²) in [6.45, 7) is 1.67. The van der Waals surface area contributed by atoms with E-state index in [1.807, 2.05) is 0 Å². The second-order valence-corrected chi connectivity index (χ2v) is 3.70. The van der Waals surface area contributed by atoms with Gasteiger partial charge in [0.05, 0.1) is 17.6 Å². The van der Waals surface area contributed by atoms with Gasteiger partial charge in [0.25, 0.3) is 5.91 Å². The Balaban J connectivity index is 2.40. The number of nitrogens with one attached hydrogen (secondary N) is 1. The molecule has 1 atom stereocenters. The molecule has 1 heterocycles. The predicted molar refractivity (Wildman–Crippen MR) is 51.2 cm³/mol. The molecule has 0 bridgehead atoms. The molecule has 1 aromatic rings. The molecule has 0 aliphatic heterocycles. The second-order valence-electron chi connectivity index (χ2n) is 2.81. The highest BCUT2D eigenvalue weighted by molar-refractivity contribution is 7.11. The first-order valence-corrected chi connectivity index (χ1v) is 4.88. The molecule has 2 N–H and O–H groups in total. The number of carbonyl (C=O) groups excluding carboxylic acids is 1. The van der Waals surface area contributed by atoms with Gasteiger partial charge in [0, 0.05) is 6.54 Å². The quantitative estimate of drug-likeness (QED) is 0.769. The molecule has 0 aromatic carbocycles. The molecule has 14 heavy (non-hydrogen) atoms. The lowest BCUT2D eigenvalue weighted by atomic mass is 10.2. The van der Waals surface area contributed by atoms with E-state index in [0.29, 0.717) is 4.88 Å². The van der Waals surface area contributed by atoms with Gasteiger partial charge < -0.3 is 10.4 Å². The van der Waals surface area contributed by atoms with Crippen molar-refractivity contribution in [3.8, 4) is 0 Å². The van der Waals surface area contributed by atoms with Crippen molar-refractivity contribution in [2.45, 2.75) is 6.92 Å². The summed E-state index contributed by atoms with van der Waals surface area (Å²) in [5.74, 6) is -1.78. The van der Waals surface area contributed by atoms with Gasteiger partial charge in [0.15, 0.2) is 0 Å². The van der Waals surface area contributed by atoms with Crippen LogP contribution in [-0.4, -0.2) is 28.5 Å². The molecule has 1 rings (SSSR count). The van der Waals surface area contributed by atoms with Crippen LogP contribution in [0.4, 0.5) is 0 Å². The van der Waals surface area contributed by atoms with Crippen LogP contribution in [0.1, 0.15) is 16.6 Å². The van der Waals surface area contributed by atoms with Crippen LogP contribution in [0.5, 0.6) is 0 Å². The van der Waals surface area contributed by atoms with E-state index in [1.54, 1.807) is 5.51 Å². The molecule has 0 saturated heterocycles. The molecule has 76 valence electrons. The van der Waals surface area contributed by atoms with Gasteiger partial charge in [-0.15, -0.1) is 11.3 Å². The van der Waals surface area contributed by atoms with Crippen LogP contribution >= 0.6 is 11.3 Å². The number of hydrogen-bond acceptors (Lipinski definition) is 4. The van der Waals surface area contributed by atoms with Crippen LogP contribution in [0.15, 0.2) is 11.7 Å². The van der Waals surface area contributed by atoms with E-state index < -0.39 is 11.9 Å². The van der Waals surface area contributed by atoms with Gasteiger partial charge in [0.2, 0.25) is 0 Å². The maximum absolute atomic E-state index is 11.3. The third-order valence-electron chi connectivity index (χ3n) is 1.65. The predicted octanol–water partition coefficient (Wildman–Crippen LogP) is 0.594. The standard InChI is InChI=1S/C8H10N2O3S/c1-5(8(12)13)2-10-7(11)6-3-9-4-14-6/h3-5H,2H2,1H3,(H,10,11)(H,12,13). The smallest absolute Gasteiger partial charge is 0.308 e. The SMILES string of the molecule is CC(CNC(=O)c1cncs1)C(=O)O. The maximum Gasteiger partial charge on any atom is 0.308 e. The largest absolute Gasteiger partial charge is 0.481 e. The van der Waals surface area contributed by atoms with Gasteiger partial charge >= 0.3 is 5.97 Å².